The number of nitrogens with zero attached hydrogens (tertiary/aromatic N) is 5. The topological polar surface area (TPSA) is 78.9 Å². The van der Waals surface area contributed by atoms with Crippen LogP contribution in [0, 0.1) is 0 Å². The maximum Gasteiger partial charge on any atom is 0.228 e. The van der Waals surface area contributed by atoms with Crippen molar-refractivity contribution in [2.75, 3.05) is 30.8 Å². The van der Waals surface area contributed by atoms with Crippen LogP contribution in [0.5, 0.6) is 0 Å². The third-order valence-electron chi connectivity index (χ3n) is 4.44. The van der Waals surface area contributed by atoms with Crippen molar-refractivity contribution >= 4 is 17.6 Å². The van der Waals surface area contributed by atoms with Crippen LogP contribution in [-0.4, -0.2) is 51.0 Å². The van der Waals surface area contributed by atoms with Crippen molar-refractivity contribution in [1.82, 2.24) is 24.8 Å². The summed E-state index contributed by atoms with van der Waals surface area (Å²) in [5.41, 5.74) is 1.10. The summed E-state index contributed by atoms with van der Waals surface area (Å²) in [6, 6.07) is 4.43. The van der Waals surface area contributed by atoms with Crippen molar-refractivity contribution in [3.63, 3.8) is 0 Å². The predicted molar refractivity (Wildman–Crippen MR) is 95.6 cm³/mol. The third kappa shape index (κ3) is 3.97. The molecule has 0 spiro atoms. The third-order valence-corrected chi connectivity index (χ3v) is 4.44. The van der Waals surface area contributed by atoms with Crippen molar-refractivity contribution in [3.8, 4) is 0 Å². The first-order valence-electron chi connectivity index (χ1n) is 8.49. The maximum absolute atomic E-state index is 4.71. The second-order valence-corrected chi connectivity index (χ2v) is 6.40. The van der Waals surface area contributed by atoms with Crippen molar-refractivity contribution < 1.29 is 0 Å². The maximum atomic E-state index is 4.71. The molecule has 3 heterocycles. The highest BCUT2D eigenvalue weighted by atomic mass is 15.2. The summed E-state index contributed by atoms with van der Waals surface area (Å²) < 4.78 is 0. The van der Waals surface area contributed by atoms with Crippen molar-refractivity contribution in [1.29, 1.82) is 0 Å². The monoisotopic (exact) mass is 327 g/mol. The highest BCUT2D eigenvalue weighted by Crippen LogP contribution is 2.27. The number of hydrogen-bond donors (Lipinski definition) is 2. The molecule has 1 aliphatic heterocycles. The van der Waals surface area contributed by atoms with E-state index in [9.17, 15) is 0 Å². The largest absolute Gasteiger partial charge is 0.373 e. The first-order valence-corrected chi connectivity index (χ1v) is 8.49. The van der Waals surface area contributed by atoms with Crippen LogP contribution < -0.4 is 10.6 Å². The van der Waals surface area contributed by atoms with Gasteiger partial charge in [0.1, 0.15) is 18.0 Å². The summed E-state index contributed by atoms with van der Waals surface area (Å²) in [6.07, 6.45) is 5.73. The van der Waals surface area contributed by atoms with Gasteiger partial charge in [-0.1, -0.05) is 0 Å². The fourth-order valence-electron chi connectivity index (χ4n) is 3.05. The van der Waals surface area contributed by atoms with Gasteiger partial charge in [-0.25, -0.2) is 19.9 Å². The fourth-order valence-corrected chi connectivity index (χ4v) is 3.05. The number of aromatic nitrogens is 4. The highest BCUT2D eigenvalue weighted by Gasteiger charge is 2.24. The minimum atomic E-state index is 0.461. The van der Waals surface area contributed by atoms with Crippen LogP contribution in [0.25, 0.3) is 0 Å². The van der Waals surface area contributed by atoms with E-state index >= 15 is 0 Å². The van der Waals surface area contributed by atoms with Crippen LogP contribution >= 0.6 is 0 Å². The molecule has 1 saturated heterocycles. The molecular weight excluding hydrogens is 302 g/mol. The van der Waals surface area contributed by atoms with E-state index in [0.717, 1.165) is 18.1 Å². The number of hydrogen-bond acceptors (Lipinski definition) is 7. The molecule has 0 radical (unpaired) electrons. The van der Waals surface area contributed by atoms with E-state index in [-0.39, 0.29) is 0 Å². The van der Waals surface area contributed by atoms with Gasteiger partial charge in [-0.15, -0.1) is 0 Å². The van der Waals surface area contributed by atoms with Crippen LogP contribution in [0.3, 0.4) is 0 Å². The lowest BCUT2D eigenvalue weighted by Gasteiger charge is -2.35. The zero-order valence-electron chi connectivity index (χ0n) is 14.5. The number of piperidine rings is 1. The molecule has 1 aliphatic rings. The van der Waals surface area contributed by atoms with Crippen molar-refractivity contribution in [2.24, 2.45) is 0 Å². The molecular formula is C17H25N7. The number of anilines is 3. The molecule has 2 aromatic heterocycles. The number of likely N-dealkylation sites (tertiary alicyclic amines) is 1. The lowest BCUT2D eigenvalue weighted by atomic mass is 9.94. The molecule has 0 bridgehead atoms. The van der Waals surface area contributed by atoms with Gasteiger partial charge in [-0.2, -0.15) is 0 Å². The first kappa shape index (κ1) is 16.6. The smallest absolute Gasteiger partial charge is 0.228 e. The van der Waals surface area contributed by atoms with Gasteiger partial charge < -0.3 is 15.5 Å². The van der Waals surface area contributed by atoms with Gasteiger partial charge in [0.2, 0.25) is 5.95 Å². The van der Waals surface area contributed by atoms with E-state index in [1.165, 1.54) is 25.7 Å². The van der Waals surface area contributed by atoms with E-state index in [4.69, 9.17) is 4.98 Å². The minimum Gasteiger partial charge on any atom is -0.373 e. The second-order valence-electron chi connectivity index (χ2n) is 6.40. The Morgan fingerprint density at radius 1 is 1.21 bits per heavy atom. The van der Waals surface area contributed by atoms with Gasteiger partial charge in [0, 0.05) is 37.8 Å². The summed E-state index contributed by atoms with van der Waals surface area (Å²) in [5, 5.41) is 6.16. The van der Waals surface area contributed by atoms with Crippen LogP contribution in [0.2, 0.25) is 0 Å². The van der Waals surface area contributed by atoms with E-state index in [1.54, 1.807) is 0 Å². The summed E-state index contributed by atoms with van der Waals surface area (Å²) in [5.74, 6) is 2.47. The van der Waals surface area contributed by atoms with Gasteiger partial charge in [0.25, 0.3) is 0 Å². The number of rotatable bonds is 5. The van der Waals surface area contributed by atoms with E-state index in [2.05, 4.69) is 44.3 Å². The van der Waals surface area contributed by atoms with E-state index in [1.807, 2.05) is 25.4 Å². The van der Waals surface area contributed by atoms with E-state index < -0.39 is 0 Å². The Kier molecular flexibility index (Phi) is 5.20. The molecule has 2 aromatic rings. The Morgan fingerprint density at radius 2 is 2.04 bits per heavy atom. The highest BCUT2D eigenvalue weighted by molar-refractivity contribution is 5.52. The van der Waals surface area contributed by atoms with Crippen molar-refractivity contribution in [3.05, 3.63) is 30.4 Å². The Balaban J connectivity index is 1.74. The Bertz CT molecular complexity index is 673. The zero-order valence-corrected chi connectivity index (χ0v) is 14.5. The van der Waals surface area contributed by atoms with Gasteiger partial charge in [-0.05, 0) is 39.3 Å². The summed E-state index contributed by atoms with van der Waals surface area (Å²) in [4.78, 5) is 19.9. The van der Waals surface area contributed by atoms with Gasteiger partial charge >= 0.3 is 0 Å². The molecule has 1 fully saturated rings. The molecule has 128 valence electrons. The number of nitrogens with one attached hydrogen (secondary N) is 2. The first-order chi connectivity index (χ1) is 11.7. The summed E-state index contributed by atoms with van der Waals surface area (Å²) in [6.45, 7) is 6.75. The van der Waals surface area contributed by atoms with Gasteiger partial charge in [-0.3, -0.25) is 0 Å². The molecule has 7 heteroatoms. The van der Waals surface area contributed by atoms with Crippen LogP contribution in [-0.2, 0) is 0 Å². The molecule has 1 atom stereocenters. The molecule has 0 amide bonds. The Labute approximate surface area is 143 Å². The zero-order chi connectivity index (χ0) is 16.9. The molecule has 3 rings (SSSR count). The molecule has 2 N–H and O–H groups in total. The summed E-state index contributed by atoms with van der Waals surface area (Å²) in [7, 11) is 1.83. The molecule has 7 nitrogen and oxygen atoms in total. The van der Waals surface area contributed by atoms with Crippen LogP contribution in [0.15, 0.2) is 24.7 Å². The quantitative estimate of drug-likeness (QED) is 0.874. The summed E-state index contributed by atoms with van der Waals surface area (Å²) >= 11 is 0. The van der Waals surface area contributed by atoms with Crippen LogP contribution in [0.4, 0.5) is 17.6 Å². The second kappa shape index (κ2) is 7.53. The fraction of sp³-hybridized carbons (Fsp3) is 0.529. The average molecular weight is 327 g/mol. The lowest BCUT2D eigenvalue weighted by molar-refractivity contribution is 0.166. The Morgan fingerprint density at radius 3 is 2.83 bits per heavy atom. The molecule has 0 unspecified atom stereocenters. The van der Waals surface area contributed by atoms with Crippen LogP contribution in [0.1, 0.15) is 38.3 Å². The molecule has 0 saturated carbocycles. The lowest BCUT2D eigenvalue weighted by Crippen LogP contribution is -2.39. The Hall–Kier alpha value is -2.28. The van der Waals surface area contributed by atoms with Gasteiger partial charge in [0.05, 0.1) is 5.69 Å². The van der Waals surface area contributed by atoms with Crippen molar-refractivity contribution in [2.45, 2.75) is 38.6 Å². The minimum absolute atomic E-state index is 0.461. The van der Waals surface area contributed by atoms with E-state index in [0.29, 0.717) is 23.7 Å². The molecule has 0 aromatic carbocycles. The SMILES string of the molecule is CNc1cc(Nc2nccc([C@H]3CCCN(C(C)C)C3)n2)ncn1. The normalized spacial score (nSPS) is 18.6. The predicted octanol–water partition coefficient (Wildman–Crippen LogP) is 2.64. The average Bonchev–Trinajstić information content (AvgIpc) is 2.62. The molecule has 0 aliphatic carbocycles. The standard InChI is InChI=1S/C17H25N7/c1-12(2)24-8-4-5-13(10-24)14-6-7-19-17(22-14)23-16-9-15(18-3)20-11-21-16/h6-7,9,11-13H,4-5,8,10H2,1-3H3,(H2,18,19,20,21,22,23)/t13-/m0/s1. The molecule has 24 heavy (non-hydrogen) atoms. The van der Waals surface area contributed by atoms with Gasteiger partial charge in [0.15, 0.2) is 0 Å².